The molecule has 1 aliphatic rings. The smallest absolute Gasteiger partial charge is 0.308 e. The normalized spacial score (nSPS) is 23.1. The molecule has 1 aromatic rings. The zero-order valence-electron chi connectivity index (χ0n) is 11.7. The number of carboxylic acids is 1. The topological polar surface area (TPSA) is 77.8 Å². The lowest BCUT2D eigenvalue weighted by molar-refractivity contribution is -0.142. The molecule has 3 atom stereocenters. The minimum atomic E-state index is -1.09. The number of aliphatic hydroxyl groups is 1. The molecule has 1 saturated heterocycles. The van der Waals surface area contributed by atoms with Crippen molar-refractivity contribution in [3.63, 3.8) is 0 Å². The lowest BCUT2D eigenvalue weighted by atomic mass is 9.99. The summed E-state index contributed by atoms with van der Waals surface area (Å²) in [7, 11) is 0. The van der Waals surface area contributed by atoms with E-state index < -0.39 is 23.8 Å². The molecule has 21 heavy (non-hydrogen) atoms. The molecular formula is C15H18FNO4. The van der Waals surface area contributed by atoms with Gasteiger partial charge in [-0.25, -0.2) is 4.39 Å². The van der Waals surface area contributed by atoms with Crippen LogP contribution >= 0.6 is 0 Å². The van der Waals surface area contributed by atoms with Crippen LogP contribution in [-0.2, 0) is 9.59 Å². The lowest BCUT2D eigenvalue weighted by Gasteiger charge is -2.18. The predicted molar refractivity (Wildman–Crippen MR) is 72.8 cm³/mol. The number of carboxylic acid groups (broad SMARTS) is 1. The molecule has 1 aromatic carbocycles. The Bertz CT molecular complexity index is 548. The maximum atomic E-state index is 13.1. The standard InChI is InChI=1S/C15H18FNO4/c1-9-7-17(8-12(9)15(20)21)14(19)6-13(18)10-3-2-4-11(16)5-10/h2-5,9,12-13,18H,6-8H2,1H3,(H,20,21)/t9-,12-,13?/m1/s1. The Labute approximate surface area is 122 Å². The van der Waals surface area contributed by atoms with Gasteiger partial charge in [-0.3, -0.25) is 9.59 Å². The summed E-state index contributed by atoms with van der Waals surface area (Å²) in [5.74, 6) is -2.39. The number of carbonyl (C=O) groups is 2. The molecule has 1 unspecified atom stereocenters. The van der Waals surface area contributed by atoms with E-state index in [2.05, 4.69) is 0 Å². The van der Waals surface area contributed by atoms with Crippen molar-refractivity contribution in [2.45, 2.75) is 19.4 Å². The Morgan fingerprint density at radius 3 is 2.71 bits per heavy atom. The van der Waals surface area contributed by atoms with Crippen LogP contribution < -0.4 is 0 Å². The molecule has 0 aliphatic carbocycles. The average molecular weight is 295 g/mol. The third-order valence-electron chi connectivity index (χ3n) is 3.88. The number of aliphatic carboxylic acids is 1. The highest BCUT2D eigenvalue weighted by Crippen LogP contribution is 2.26. The molecule has 2 rings (SSSR count). The summed E-state index contributed by atoms with van der Waals surface area (Å²) in [4.78, 5) is 24.6. The molecular weight excluding hydrogens is 277 g/mol. The predicted octanol–water partition coefficient (Wildman–Crippen LogP) is 1.43. The second kappa shape index (κ2) is 6.22. The first-order chi connectivity index (χ1) is 9.88. The van der Waals surface area contributed by atoms with E-state index in [0.717, 1.165) is 0 Å². The number of carbonyl (C=O) groups excluding carboxylic acids is 1. The van der Waals surface area contributed by atoms with Crippen LogP contribution in [0.1, 0.15) is 25.0 Å². The van der Waals surface area contributed by atoms with Crippen molar-refractivity contribution >= 4 is 11.9 Å². The number of amides is 1. The van der Waals surface area contributed by atoms with Gasteiger partial charge in [-0.2, -0.15) is 0 Å². The Kier molecular flexibility index (Phi) is 4.57. The fourth-order valence-electron chi connectivity index (χ4n) is 2.62. The molecule has 0 spiro atoms. The largest absolute Gasteiger partial charge is 0.481 e. The van der Waals surface area contributed by atoms with Crippen LogP contribution in [0, 0.1) is 17.7 Å². The second-order valence-corrected chi connectivity index (χ2v) is 5.50. The van der Waals surface area contributed by atoms with Gasteiger partial charge in [0.2, 0.25) is 5.91 Å². The van der Waals surface area contributed by atoms with E-state index in [1.165, 1.54) is 23.1 Å². The molecule has 0 radical (unpaired) electrons. The van der Waals surface area contributed by atoms with Crippen LogP contribution in [0.3, 0.4) is 0 Å². The number of hydrogen-bond donors (Lipinski definition) is 2. The van der Waals surface area contributed by atoms with Gasteiger partial charge in [-0.1, -0.05) is 19.1 Å². The highest BCUT2D eigenvalue weighted by Gasteiger charge is 2.37. The molecule has 1 heterocycles. The molecule has 0 bridgehead atoms. The summed E-state index contributed by atoms with van der Waals surface area (Å²) in [6.07, 6.45) is -1.27. The van der Waals surface area contributed by atoms with Crippen molar-refractivity contribution in [2.75, 3.05) is 13.1 Å². The first kappa shape index (κ1) is 15.4. The van der Waals surface area contributed by atoms with Gasteiger partial charge in [-0.05, 0) is 23.6 Å². The highest BCUT2D eigenvalue weighted by molar-refractivity contribution is 5.79. The van der Waals surface area contributed by atoms with E-state index in [1.54, 1.807) is 13.0 Å². The molecule has 2 N–H and O–H groups in total. The second-order valence-electron chi connectivity index (χ2n) is 5.50. The van der Waals surface area contributed by atoms with Crippen LogP contribution in [0.5, 0.6) is 0 Å². The van der Waals surface area contributed by atoms with E-state index in [0.29, 0.717) is 12.1 Å². The van der Waals surface area contributed by atoms with Crippen LogP contribution in [0.2, 0.25) is 0 Å². The van der Waals surface area contributed by atoms with Crippen LogP contribution in [0.4, 0.5) is 4.39 Å². The Morgan fingerprint density at radius 2 is 2.14 bits per heavy atom. The molecule has 114 valence electrons. The number of likely N-dealkylation sites (tertiary alicyclic amines) is 1. The monoisotopic (exact) mass is 295 g/mol. The van der Waals surface area contributed by atoms with Crippen LogP contribution in [-0.4, -0.2) is 40.1 Å². The van der Waals surface area contributed by atoms with E-state index >= 15 is 0 Å². The van der Waals surface area contributed by atoms with E-state index in [9.17, 15) is 19.1 Å². The number of nitrogens with zero attached hydrogens (tertiary/aromatic N) is 1. The van der Waals surface area contributed by atoms with Gasteiger partial charge in [0.05, 0.1) is 18.4 Å². The van der Waals surface area contributed by atoms with Gasteiger partial charge in [0, 0.05) is 13.1 Å². The van der Waals surface area contributed by atoms with Crippen molar-refractivity contribution in [2.24, 2.45) is 11.8 Å². The lowest BCUT2D eigenvalue weighted by Crippen LogP contribution is -2.31. The number of rotatable bonds is 4. The molecule has 5 nitrogen and oxygen atoms in total. The fraction of sp³-hybridized carbons (Fsp3) is 0.467. The van der Waals surface area contributed by atoms with Crippen molar-refractivity contribution < 1.29 is 24.2 Å². The average Bonchev–Trinajstić information content (AvgIpc) is 2.81. The van der Waals surface area contributed by atoms with Gasteiger partial charge in [0.25, 0.3) is 0 Å². The van der Waals surface area contributed by atoms with Gasteiger partial charge in [-0.15, -0.1) is 0 Å². The zero-order chi connectivity index (χ0) is 15.6. The SMILES string of the molecule is C[C@@H]1CN(C(=O)CC(O)c2cccc(F)c2)C[C@H]1C(=O)O. The number of hydrogen-bond acceptors (Lipinski definition) is 3. The third kappa shape index (κ3) is 3.58. The first-order valence-electron chi connectivity index (χ1n) is 6.82. The van der Waals surface area contributed by atoms with Crippen molar-refractivity contribution in [1.82, 2.24) is 4.90 Å². The highest BCUT2D eigenvalue weighted by atomic mass is 19.1. The van der Waals surface area contributed by atoms with Crippen molar-refractivity contribution in [3.8, 4) is 0 Å². The molecule has 1 amide bonds. The summed E-state index contributed by atoms with van der Waals surface area (Å²) in [5, 5.41) is 19.0. The fourth-order valence-corrected chi connectivity index (χ4v) is 2.62. The first-order valence-corrected chi connectivity index (χ1v) is 6.82. The summed E-state index contributed by atoms with van der Waals surface area (Å²) in [5.41, 5.74) is 0.338. The molecule has 1 aliphatic heterocycles. The summed E-state index contributed by atoms with van der Waals surface area (Å²) >= 11 is 0. The summed E-state index contributed by atoms with van der Waals surface area (Å²) < 4.78 is 13.1. The van der Waals surface area contributed by atoms with Gasteiger partial charge in [0.1, 0.15) is 5.82 Å². The zero-order valence-corrected chi connectivity index (χ0v) is 11.7. The van der Waals surface area contributed by atoms with Crippen LogP contribution in [0.25, 0.3) is 0 Å². The number of benzene rings is 1. The van der Waals surface area contributed by atoms with Crippen LogP contribution in [0.15, 0.2) is 24.3 Å². The summed E-state index contributed by atoms with van der Waals surface area (Å²) in [6.45, 7) is 2.31. The van der Waals surface area contributed by atoms with Crippen molar-refractivity contribution in [1.29, 1.82) is 0 Å². The maximum Gasteiger partial charge on any atom is 0.308 e. The molecule has 0 aromatic heterocycles. The Balaban J connectivity index is 1.97. The van der Waals surface area contributed by atoms with Crippen molar-refractivity contribution in [3.05, 3.63) is 35.6 Å². The number of aliphatic hydroxyl groups excluding tert-OH is 1. The summed E-state index contributed by atoms with van der Waals surface area (Å²) in [6, 6.07) is 5.46. The van der Waals surface area contributed by atoms with Gasteiger partial charge < -0.3 is 15.1 Å². The molecule has 1 fully saturated rings. The Morgan fingerprint density at radius 1 is 1.43 bits per heavy atom. The maximum absolute atomic E-state index is 13.1. The van der Waals surface area contributed by atoms with E-state index in [4.69, 9.17) is 5.11 Å². The van der Waals surface area contributed by atoms with E-state index in [1.807, 2.05) is 0 Å². The molecule has 0 saturated carbocycles. The van der Waals surface area contributed by atoms with Gasteiger partial charge >= 0.3 is 5.97 Å². The number of halogens is 1. The Hall–Kier alpha value is -1.95. The quantitative estimate of drug-likeness (QED) is 0.881. The molecule has 6 heteroatoms. The minimum Gasteiger partial charge on any atom is -0.481 e. The third-order valence-corrected chi connectivity index (χ3v) is 3.88. The van der Waals surface area contributed by atoms with E-state index in [-0.39, 0.29) is 24.8 Å². The minimum absolute atomic E-state index is 0.113. The van der Waals surface area contributed by atoms with Gasteiger partial charge in [0.15, 0.2) is 0 Å².